The van der Waals surface area contributed by atoms with Crippen LogP contribution in [-0.4, -0.2) is 56.4 Å². The third kappa shape index (κ3) is 4.05. The van der Waals surface area contributed by atoms with Crippen LogP contribution in [0.5, 0.6) is 0 Å². The number of hydrogen-bond donors (Lipinski definition) is 1. The Hall–Kier alpha value is -3.21. The average molecular weight is 431 g/mol. The molecule has 1 atom stereocenters. The summed E-state index contributed by atoms with van der Waals surface area (Å²) in [5.41, 5.74) is 0.260. The van der Waals surface area contributed by atoms with Crippen molar-refractivity contribution < 1.29 is 18.3 Å². The van der Waals surface area contributed by atoms with Gasteiger partial charge in [0.05, 0.1) is 16.5 Å². The molecular formula is C20H23F2N7O2. The van der Waals surface area contributed by atoms with Crippen LogP contribution in [0.15, 0.2) is 24.5 Å². The first-order valence-corrected chi connectivity index (χ1v) is 9.78. The van der Waals surface area contributed by atoms with Crippen LogP contribution in [0, 0.1) is 0 Å². The predicted molar refractivity (Wildman–Crippen MR) is 111 cm³/mol. The standard InChI is InChI=1S/C20H23F2N7O2/c1-12(30)25-15-9-14-13(10-24-15)17(28-8-6-19(2,11-28)31-4)27-29(14)16-5-7-23-18(26-16)20(3,21)22/h5,7,9-10H,6,8,11H2,1-4H3,(H,24,25,30). The van der Waals surface area contributed by atoms with E-state index in [1.54, 1.807) is 19.4 Å². The van der Waals surface area contributed by atoms with Gasteiger partial charge in [-0.15, -0.1) is 5.10 Å². The van der Waals surface area contributed by atoms with E-state index in [1.807, 2.05) is 6.92 Å². The Morgan fingerprint density at radius 2 is 2.13 bits per heavy atom. The molecule has 1 saturated heterocycles. The van der Waals surface area contributed by atoms with E-state index in [4.69, 9.17) is 4.74 Å². The summed E-state index contributed by atoms with van der Waals surface area (Å²) >= 11 is 0. The number of ether oxygens (including phenoxy) is 1. The van der Waals surface area contributed by atoms with E-state index in [9.17, 15) is 13.6 Å². The second-order valence-corrected chi connectivity index (χ2v) is 7.96. The van der Waals surface area contributed by atoms with Gasteiger partial charge in [-0.3, -0.25) is 4.79 Å². The van der Waals surface area contributed by atoms with E-state index in [2.05, 4.69) is 30.3 Å². The maximum Gasteiger partial charge on any atom is 0.303 e. The zero-order valence-corrected chi connectivity index (χ0v) is 17.7. The summed E-state index contributed by atoms with van der Waals surface area (Å²) < 4.78 is 34.7. The summed E-state index contributed by atoms with van der Waals surface area (Å²) in [5.74, 6) is -2.91. The van der Waals surface area contributed by atoms with Gasteiger partial charge < -0.3 is 15.0 Å². The zero-order valence-electron chi connectivity index (χ0n) is 17.7. The molecule has 164 valence electrons. The topological polar surface area (TPSA) is 98.1 Å². The fraction of sp³-hybridized carbons (Fsp3) is 0.450. The lowest BCUT2D eigenvalue weighted by Gasteiger charge is -2.22. The Morgan fingerprint density at radius 3 is 2.77 bits per heavy atom. The molecule has 1 fully saturated rings. The average Bonchev–Trinajstić information content (AvgIpc) is 3.28. The van der Waals surface area contributed by atoms with Gasteiger partial charge in [-0.05, 0) is 13.3 Å². The van der Waals surface area contributed by atoms with E-state index >= 15 is 0 Å². The van der Waals surface area contributed by atoms with E-state index in [0.29, 0.717) is 35.6 Å². The minimum Gasteiger partial charge on any atom is -0.377 e. The molecule has 31 heavy (non-hydrogen) atoms. The predicted octanol–water partition coefficient (Wildman–Crippen LogP) is 2.90. The maximum atomic E-state index is 13.8. The minimum absolute atomic E-state index is 0.191. The van der Waals surface area contributed by atoms with Crippen LogP contribution in [0.2, 0.25) is 0 Å². The number of amides is 1. The van der Waals surface area contributed by atoms with Crippen LogP contribution in [0.1, 0.15) is 33.0 Å². The Bertz CT molecular complexity index is 1140. The van der Waals surface area contributed by atoms with Crippen molar-refractivity contribution in [1.29, 1.82) is 0 Å². The van der Waals surface area contributed by atoms with Crippen molar-refractivity contribution in [1.82, 2.24) is 24.7 Å². The molecule has 0 aliphatic carbocycles. The van der Waals surface area contributed by atoms with Gasteiger partial charge in [-0.2, -0.15) is 8.78 Å². The second-order valence-electron chi connectivity index (χ2n) is 7.96. The van der Waals surface area contributed by atoms with E-state index in [-0.39, 0.29) is 17.3 Å². The summed E-state index contributed by atoms with van der Waals surface area (Å²) in [6.07, 6.45) is 3.70. The van der Waals surface area contributed by atoms with Crippen molar-refractivity contribution in [3.05, 3.63) is 30.4 Å². The number of nitrogens with zero attached hydrogens (tertiary/aromatic N) is 6. The van der Waals surface area contributed by atoms with Crippen LogP contribution in [-0.2, 0) is 15.5 Å². The molecule has 3 aromatic rings. The molecule has 0 aromatic carbocycles. The van der Waals surface area contributed by atoms with Gasteiger partial charge in [0.1, 0.15) is 5.82 Å². The summed E-state index contributed by atoms with van der Waals surface area (Å²) in [7, 11) is 1.68. The summed E-state index contributed by atoms with van der Waals surface area (Å²) in [6.45, 7) is 5.48. The molecule has 11 heteroatoms. The molecule has 1 unspecified atom stereocenters. The Morgan fingerprint density at radius 1 is 1.35 bits per heavy atom. The highest BCUT2D eigenvalue weighted by Crippen LogP contribution is 2.34. The molecule has 4 rings (SSSR count). The molecule has 1 aliphatic heterocycles. The van der Waals surface area contributed by atoms with Gasteiger partial charge in [0, 0.05) is 58.6 Å². The van der Waals surface area contributed by atoms with E-state index in [1.165, 1.54) is 23.9 Å². The lowest BCUT2D eigenvalue weighted by molar-refractivity contribution is -0.114. The number of anilines is 2. The van der Waals surface area contributed by atoms with Gasteiger partial charge in [0.15, 0.2) is 11.6 Å². The molecule has 0 spiro atoms. The molecule has 3 aromatic heterocycles. The largest absolute Gasteiger partial charge is 0.377 e. The van der Waals surface area contributed by atoms with Crippen molar-refractivity contribution in [2.24, 2.45) is 0 Å². The summed E-state index contributed by atoms with van der Waals surface area (Å²) in [6, 6.07) is 3.15. The molecule has 4 heterocycles. The summed E-state index contributed by atoms with van der Waals surface area (Å²) in [5, 5.41) is 8.03. The number of carbonyl (C=O) groups excluding carboxylic acids is 1. The SMILES string of the molecule is COC1(C)CCN(c2nn(-c3ccnc(C(C)(F)F)n3)c3cc(NC(C)=O)ncc23)C1. The first-order valence-electron chi connectivity index (χ1n) is 9.78. The number of pyridine rings is 1. The Balaban J connectivity index is 1.87. The van der Waals surface area contributed by atoms with Gasteiger partial charge >= 0.3 is 5.92 Å². The van der Waals surface area contributed by atoms with E-state index in [0.717, 1.165) is 13.3 Å². The van der Waals surface area contributed by atoms with Crippen LogP contribution >= 0.6 is 0 Å². The lowest BCUT2D eigenvalue weighted by atomic mass is 10.1. The molecule has 0 radical (unpaired) electrons. The molecule has 1 aliphatic rings. The molecule has 0 saturated carbocycles. The number of carbonyl (C=O) groups is 1. The second kappa shape index (κ2) is 7.49. The Labute approximate surface area is 177 Å². The first kappa shape index (κ1) is 21.0. The monoisotopic (exact) mass is 431 g/mol. The van der Waals surface area contributed by atoms with Crippen LogP contribution < -0.4 is 10.2 Å². The number of alkyl halides is 2. The van der Waals surface area contributed by atoms with Gasteiger partial charge in [-0.1, -0.05) is 0 Å². The number of hydrogen-bond acceptors (Lipinski definition) is 7. The van der Waals surface area contributed by atoms with Gasteiger partial charge in [0.2, 0.25) is 11.7 Å². The molecule has 0 bridgehead atoms. The molecular weight excluding hydrogens is 408 g/mol. The maximum absolute atomic E-state index is 13.8. The van der Waals surface area contributed by atoms with Crippen molar-refractivity contribution in [2.75, 3.05) is 30.4 Å². The van der Waals surface area contributed by atoms with Crippen LogP contribution in [0.4, 0.5) is 20.4 Å². The van der Waals surface area contributed by atoms with Gasteiger partial charge in [-0.25, -0.2) is 19.6 Å². The third-order valence-corrected chi connectivity index (χ3v) is 5.33. The summed E-state index contributed by atoms with van der Waals surface area (Å²) in [4.78, 5) is 25.6. The van der Waals surface area contributed by atoms with Crippen molar-refractivity contribution in [3.63, 3.8) is 0 Å². The highest BCUT2D eigenvalue weighted by molar-refractivity contribution is 5.95. The fourth-order valence-electron chi connectivity index (χ4n) is 3.61. The zero-order chi connectivity index (χ0) is 22.4. The number of nitrogens with one attached hydrogen (secondary N) is 1. The van der Waals surface area contributed by atoms with Crippen molar-refractivity contribution in [2.45, 2.75) is 38.7 Å². The smallest absolute Gasteiger partial charge is 0.303 e. The number of rotatable bonds is 5. The van der Waals surface area contributed by atoms with Crippen molar-refractivity contribution in [3.8, 4) is 5.82 Å². The number of aromatic nitrogens is 5. The first-order chi connectivity index (χ1) is 14.6. The third-order valence-electron chi connectivity index (χ3n) is 5.33. The number of methoxy groups -OCH3 is 1. The van der Waals surface area contributed by atoms with E-state index < -0.39 is 11.7 Å². The molecule has 9 nitrogen and oxygen atoms in total. The highest BCUT2D eigenvalue weighted by atomic mass is 19.3. The number of fused-ring (bicyclic) bond motifs is 1. The Kier molecular flexibility index (Phi) is 5.08. The quantitative estimate of drug-likeness (QED) is 0.663. The molecule has 1 amide bonds. The van der Waals surface area contributed by atoms with Crippen LogP contribution in [0.25, 0.3) is 16.7 Å². The fourth-order valence-corrected chi connectivity index (χ4v) is 3.61. The van der Waals surface area contributed by atoms with Crippen LogP contribution in [0.3, 0.4) is 0 Å². The van der Waals surface area contributed by atoms with Crippen molar-refractivity contribution >= 4 is 28.4 Å². The normalized spacial score (nSPS) is 19.2. The lowest BCUT2D eigenvalue weighted by Crippen LogP contribution is -2.32. The molecule has 1 N–H and O–H groups in total. The number of halogens is 2. The minimum atomic E-state index is -3.19. The van der Waals surface area contributed by atoms with Gasteiger partial charge in [0.25, 0.3) is 0 Å². The highest BCUT2D eigenvalue weighted by Gasteiger charge is 2.36.